The minimum Gasteiger partial charge on any atom is -0.370 e. The van der Waals surface area contributed by atoms with E-state index in [-0.39, 0.29) is 0 Å². The van der Waals surface area contributed by atoms with Gasteiger partial charge in [0.15, 0.2) is 0 Å². The number of hydrogen-bond donors (Lipinski definition) is 1. The summed E-state index contributed by atoms with van der Waals surface area (Å²) in [6, 6.07) is 10.0. The van der Waals surface area contributed by atoms with E-state index >= 15 is 0 Å². The highest BCUT2D eigenvalue weighted by Gasteiger charge is 2.08. The Morgan fingerprint density at radius 1 is 1.00 bits per heavy atom. The number of rotatable bonds is 6. The fourth-order valence-corrected chi connectivity index (χ4v) is 2.89. The van der Waals surface area contributed by atoms with Crippen molar-refractivity contribution in [3.05, 3.63) is 42.7 Å². The highest BCUT2D eigenvalue weighted by Crippen LogP contribution is 2.16. The molecule has 1 aliphatic heterocycles. The second kappa shape index (κ2) is 7.90. The van der Waals surface area contributed by atoms with Gasteiger partial charge >= 0.3 is 0 Å². The lowest BCUT2D eigenvalue weighted by Crippen LogP contribution is -2.31. The molecule has 0 aromatic carbocycles. The average molecular weight is 296 g/mol. The van der Waals surface area contributed by atoms with Gasteiger partial charge < -0.3 is 10.2 Å². The number of pyridine rings is 2. The normalized spacial score (nSPS) is 15.6. The quantitative estimate of drug-likeness (QED) is 0.829. The highest BCUT2D eigenvalue weighted by atomic mass is 15.1. The molecule has 3 rings (SSSR count). The Morgan fingerprint density at radius 3 is 2.64 bits per heavy atom. The van der Waals surface area contributed by atoms with Crippen LogP contribution in [0.2, 0.25) is 0 Å². The number of nitrogens with one attached hydrogen (secondary N) is 1. The molecule has 4 nitrogen and oxygen atoms in total. The van der Waals surface area contributed by atoms with E-state index in [2.05, 4.69) is 26.3 Å². The minimum absolute atomic E-state index is 0.943. The van der Waals surface area contributed by atoms with Gasteiger partial charge in [-0.2, -0.15) is 0 Å². The zero-order chi connectivity index (χ0) is 15.0. The summed E-state index contributed by atoms with van der Waals surface area (Å²) in [5.41, 5.74) is 2.02. The molecule has 1 fully saturated rings. The van der Waals surface area contributed by atoms with Crippen LogP contribution >= 0.6 is 0 Å². The molecule has 0 bridgehead atoms. The van der Waals surface area contributed by atoms with Crippen molar-refractivity contribution in [2.24, 2.45) is 0 Å². The van der Waals surface area contributed by atoms with Gasteiger partial charge in [-0.3, -0.25) is 4.98 Å². The van der Waals surface area contributed by atoms with E-state index < -0.39 is 0 Å². The molecular formula is C18H24N4. The zero-order valence-corrected chi connectivity index (χ0v) is 13.0. The maximum Gasteiger partial charge on any atom is 0.125 e. The van der Waals surface area contributed by atoms with Crippen LogP contribution in [0.3, 0.4) is 0 Å². The molecule has 2 aromatic heterocycles. The van der Waals surface area contributed by atoms with Crippen LogP contribution in [0.4, 0.5) is 5.82 Å². The van der Waals surface area contributed by atoms with Crippen molar-refractivity contribution in [3.63, 3.8) is 0 Å². The van der Waals surface area contributed by atoms with Gasteiger partial charge in [0.05, 0.1) is 5.69 Å². The smallest absolute Gasteiger partial charge is 0.125 e. The van der Waals surface area contributed by atoms with Gasteiger partial charge in [0.1, 0.15) is 5.82 Å². The molecule has 0 atom stereocenters. The summed E-state index contributed by atoms with van der Waals surface area (Å²) in [5.74, 6) is 0.943. The van der Waals surface area contributed by atoms with Crippen molar-refractivity contribution >= 4 is 5.82 Å². The first-order valence-electron chi connectivity index (χ1n) is 8.25. The number of piperidine rings is 1. The number of nitrogens with zero attached hydrogens (tertiary/aromatic N) is 3. The third kappa shape index (κ3) is 4.28. The molecule has 3 heterocycles. The standard InChI is InChI=1S/C18H24N4/c1-4-12-22(13-5-1)14-6-11-20-18-9-8-16(15-21-18)17-7-2-3-10-19-17/h2-3,7-10,15H,1,4-6,11-14H2,(H,20,21). The molecule has 0 saturated carbocycles. The van der Waals surface area contributed by atoms with Crippen molar-refractivity contribution in [2.75, 3.05) is 31.5 Å². The Bertz CT molecular complexity index is 547. The van der Waals surface area contributed by atoms with E-state index in [1.807, 2.05) is 36.7 Å². The first-order chi connectivity index (χ1) is 10.9. The molecule has 0 spiro atoms. The molecule has 4 heteroatoms. The fraction of sp³-hybridized carbons (Fsp3) is 0.444. The molecule has 0 radical (unpaired) electrons. The van der Waals surface area contributed by atoms with Gasteiger partial charge in [0.25, 0.3) is 0 Å². The van der Waals surface area contributed by atoms with Crippen LogP contribution in [-0.4, -0.2) is 41.0 Å². The van der Waals surface area contributed by atoms with Crippen LogP contribution in [0, 0.1) is 0 Å². The lowest BCUT2D eigenvalue weighted by Gasteiger charge is -2.26. The first-order valence-corrected chi connectivity index (χ1v) is 8.25. The molecule has 1 saturated heterocycles. The third-order valence-electron chi connectivity index (χ3n) is 4.13. The maximum atomic E-state index is 4.47. The lowest BCUT2D eigenvalue weighted by atomic mass is 10.1. The molecule has 1 N–H and O–H groups in total. The predicted octanol–water partition coefficient (Wildman–Crippen LogP) is 3.43. The molecule has 0 unspecified atom stereocenters. The van der Waals surface area contributed by atoms with Gasteiger partial charge in [0.2, 0.25) is 0 Å². The third-order valence-corrected chi connectivity index (χ3v) is 4.13. The van der Waals surface area contributed by atoms with Crippen molar-refractivity contribution < 1.29 is 0 Å². The second-order valence-electron chi connectivity index (χ2n) is 5.83. The number of anilines is 1. The molecule has 0 amide bonds. The largest absolute Gasteiger partial charge is 0.370 e. The second-order valence-corrected chi connectivity index (χ2v) is 5.83. The van der Waals surface area contributed by atoms with Gasteiger partial charge in [-0.15, -0.1) is 0 Å². The Hall–Kier alpha value is -1.94. The number of likely N-dealkylation sites (tertiary alicyclic amines) is 1. The zero-order valence-electron chi connectivity index (χ0n) is 13.0. The Morgan fingerprint density at radius 2 is 1.91 bits per heavy atom. The van der Waals surface area contributed by atoms with Gasteiger partial charge in [-0.05, 0) is 63.2 Å². The van der Waals surface area contributed by atoms with Crippen molar-refractivity contribution in [2.45, 2.75) is 25.7 Å². The minimum atomic E-state index is 0.943. The van der Waals surface area contributed by atoms with E-state index in [0.29, 0.717) is 0 Å². The van der Waals surface area contributed by atoms with Crippen LogP contribution in [0.1, 0.15) is 25.7 Å². The van der Waals surface area contributed by atoms with E-state index in [4.69, 9.17) is 0 Å². The van der Waals surface area contributed by atoms with Gasteiger partial charge in [0, 0.05) is 24.5 Å². The maximum absolute atomic E-state index is 4.47. The van der Waals surface area contributed by atoms with Crippen molar-refractivity contribution in [1.82, 2.24) is 14.9 Å². The first kappa shape index (κ1) is 15.0. The summed E-state index contributed by atoms with van der Waals surface area (Å²) >= 11 is 0. The fourth-order valence-electron chi connectivity index (χ4n) is 2.89. The Labute approximate surface area is 132 Å². The predicted molar refractivity (Wildman–Crippen MR) is 90.9 cm³/mol. The van der Waals surface area contributed by atoms with Crippen molar-refractivity contribution in [3.8, 4) is 11.3 Å². The van der Waals surface area contributed by atoms with Crippen LogP contribution < -0.4 is 5.32 Å². The van der Waals surface area contributed by atoms with Gasteiger partial charge in [-0.1, -0.05) is 12.5 Å². The van der Waals surface area contributed by atoms with Crippen LogP contribution in [0.5, 0.6) is 0 Å². The van der Waals surface area contributed by atoms with E-state index in [1.165, 1.54) is 45.3 Å². The summed E-state index contributed by atoms with van der Waals surface area (Å²) in [6.45, 7) is 4.72. The van der Waals surface area contributed by atoms with E-state index in [9.17, 15) is 0 Å². The summed E-state index contributed by atoms with van der Waals surface area (Å²) in [5, 5.41) is 3.40. The molecule has 116 valence electrons. The molecular weight excluding hydrogens is 272 g/mol. The SMILES string of the molecule is c1ccc(-c2ccc(NCCCN3CCCCC3)nc2)nc1. The summed E-state index contributed by atoms with van der Waals surface area (Å²) in [4.78, 5) is 11.4. The van der Waals surface area contributed by atoms with Crippen molar-refractivity contribution in [1.29, 1.82) is 0 Å². The highest BCUT2D eigenvalue weighted by molar-refractivity contribution is 5.59. The molecule has 0 aliphatic carbocycles. The van der Waals surface area contributed by atoms with Gasteiger partial charge in [-0.25, -0.2) is 4.98 Å². The summed E-state index contributed by atoms with van der Waals surface area (Å²) < 4.78 is 0. The monoisotopic (exact) mass is 296 g/mol. The number of hydrogen-bond acceptors (Lipinski definition) is 4. The lowest BCUT2D eigenvalue weighted by molar-refractivity contribution is 0.228. The Balaban J connectivity index is 1.43. The van der Waals surface area contributed by atoms with E-state index in [0.717, 1.165) is 23.6 Å². The Kier molecular flexibility index (Phi) is 5.37. The topological polar surface area (TPSA) is 41.0 Å². The summed E-state index contributed by atoms with van der Waals surface area (Å²) in [7, 11) is 0. The van der Waals surface area contributed by atoms with Crippen LogP contribution in [0.15, 0.2) is 42.7 Å². The molecule has 1 aliphatic rings. The molecule has 2 aromatic rings. The molecule has 22 heavy (non-hydrogen) atoms. The van der Waals surface area contributed by atoms with Crippen LogP contribution in [-0.2, 0) is 0 Å². The number of aromatic nitrogens is 2. The van der Waals surface area contributed by atoms with E-state index in [1.54, 1.807) is 0 Å². The average Bonchev–Trinajstić information content (AvgIpc) is 2.61. The van der Waals surface area contributed by atoms with Crippen LogP contribution in [0.25, 0.3) is 11.3 Å². The summed E-state index contributed by atoms with van der Waals surface area (Å²) in [6.07, 6.45) is 9.00.